The number of halogens is 3. The third-order valence-electron chi connectivity index (χ3n) is 4.72. The van der Waals surface area contributed by atoms with Crippen LogP contribution in [-0.2, 0) is 12.7 Å². The van der Waals surface area contributed by atoms with E-state index in [1.807, 2.05) is 29.2 Å². The molecule has 3 aromatic rings. The number of pyridine rings is 1. The molecule has 1 unspecified atom stereocenters. The van der Waals surface area contributed by atoms with Crippen LogP contribution in [0.15, 0.2) is 47.0 Å². The standard InChI is InChI=1S/C19H18F3N3O/c20-19(21,22)17-13(5-3-9-23-17)11-25-10-4-6-14(12-25)18-24-15-7-1-2-8-16(15)26-18/h1-3,5,7-9,14H,4,6,10-12H2. The van der Waals surface area contributed by atoms with Crippen LogP contribution >= 0.6 is 0 Å². The highest BCUT2D eigenvalue weighted by molar-refractivity contribution is 5.72. The molecule has 3 heterocycles. The molecule has 1 saturated heterocycles. The lowest BCUT2D eigenvalue weighted by Gasteiger charge is -2.31. The van der Waals surface area contributed by atoms with Crippen LogP contribution in [-0.4, -0.2) is 28.0 Å². The minimum atomic E-state index is -4.44. The van der Waals surface area contributed by atoms with Crippen molar-refractivity contribution in [1.82, 2.24) is 14.9 Å². The van der Waals surface area contributed by atoms with E-state index >= 15 is 0 Å². The van der Waals surface area contributed by atoms with Crippen molar-refractivity contribution in [3.63, 3.8) is 0 Å². The number of fused-ring (bicyclic) bond motifs is 1. The molecular formula is C19H18F3N3O. The molecule has 0 radical (unpaired) electrons. The van der Waals surface area contributed by atoms with Crippen LogP contribution in [0.5, 0.6) is 0 Å². The van der Waals surface area contributed by atoms with Crippen LogP contribution in [0.3, 0.4) is 0 Å². The fourth-order valence-electron chi connectivity index (χ4n) is 3.53. The second-order valence-electron chi connectivity index (χ2n) is 6.60. The van der Waals surface area contributed by atoms with Gasteiger partial charge in [-0.05, 0) is 43.1 Å². The van der Waals surface area contributed by atoms with Gasteiger partial charge in [0.25, 0.3) is 0 Å². The van der Waals surface area contributed by atoms with E-state index < -0.39 is 11.9 Å². The first-order valence-corrected chi connectivity index (χ1v) is 8.59. The summed E-state index contributed by atoms with van der Waals surface area (Å²) in [5.74, 6) is 0.750. The minimum Gasteiger partial charge on any atom is -0.440 e. The van der Waals surface area contributed by atoms with Crippen molar-refractivity contribution in [2.75, 3.05) is 13.1 Å². The Hall–Kier alpha value is -2.41. The number of likely N-dealkylation sites (tertiary alicyclic amines) is 1. The average molecular weight is 361 g/mol. The highest BCUT2D eigenvalue weighted by atomic mass is 19.4. The van der Waals surface area contributed by atoms with Crippen molar-refractivity contribution >= 4 is 11.1 Å². The molecule has 0 N–H and O–H groups in total. The Kier molecular flexibility index (Phi) is 4.40. The number of nitrogens with zero attached hydrogens (tertiary/aromatic N) is 3. The molecule has 0 amide bonds. The van der Waals surface area contributed by atoms with Gasteiger partial charge in [-0.3, -0.25) is 9.88 Å². The van der Waals surface area contributed by atoms with E-state index in [0.29, 0.717) is 12.4 Å². The zero-order valence-corrected chi connectivity index (χ0v) is 14.0. The van der Waals surface area contributed by atoms with Gasteiger partial charge in [-0.1, -0.05) is 18.2 Å². The van der Waals surface area contributed by atoms with E-state index in [2.05, 4.69) is 9.97 Å². The van der Waals surface area contributed by atoms with Crippen LogP contribution < -0.4 is 0 Å². The van der Waals surface area contributed by atoms with Gasteiger partial charge in [0, 0.05) is 25.2 Å². The Morgan fingerprint density at radius 3 is 2.81 bits per heavy atom. The number of alkyl halides is 3. The maximum atomic E-state index is 13.2. The summed E-state index contributed by atoms with van der Waals surface area (Å²) >= 11 is 0. The summed E-state index contributed by atoms with van der Waals surface area (Å²) in [5, 5.41) is 0. The predicted octanol–water partition coefficient (Wildman–Crippen LogP) is 4.62. The zero-order valence-electron chi connectivity index (χ0n) is 14.0. The molecule has 136 valence electrons. The summed E-state index contributed by atoms with van der Waals surface area (Å²) in [6, 6.07) is 10.6. The number of hydrogen-bond acceptors (Lipinski definition) is 4. The quantitative estimate of drug-likeness (QED) is 0.683. The van der Waals surface area contributed by atoms with Gasteiger partial charge in [-0.25, -0.2) is 4.98 Å². The Morgan fingerprint density at radius 1 is 1.15 bits per heavy atom. The lowest BCUT2D eigenvalue weighted by atomic mass is 9.97. The Balaban J connectivity index is 1.53. The number of hydrogen-bond donors (Lipinski definition) is 0. The predicted molar refractivity (Wildman–Crippen MR) is 90.5 cm³/mol. The van der Waals surface area contributed by atoms with Gasteiger partial charge in [0.1, 0.15) is 11.2 Å². The van der Waals surface area contributed by atoms with Gasteiger partial charge in [-0.2, -0.15) is 13.2 Å². The highest BCUT2D eigenvalue weighted by Gasteiger charge is 2.36. The molecule has 1 aliphatic rings. The molecule has 1 atom stereocenters. The molecule has 7 heteroatoms. The fraction of sp³-hybridized carbons (Fsp3) is 0.368. The summed E-state index contributed by atoms with van der Waals surface area (Å²) in [5.41, 5.74) is 0.958. The molecule has 0 spiro atoms. The number of oxazole rings is 1. The van der Waals surface area contributed by atoms with E-state index in [-0.39, 0.29) is 18.0 Å². The topological polar surface area (TPSA) is 42.2 Å². The fourth-order valence-corrected chi connectivity index (χ4v) is 3.53. The normalized spacial score (nSPS) is 19.1. The lowest BCUT2D eigenvalue weighted by molar-refractivity contribution is -0.142. The van der Waals surface area contributed by atoms with E-state index in [4.69, 9.17) is 4.42 Å². The first kappa shape index (κ1) is 17.0. The van der Waals surface area contributed by atoms with Crippen molar-refractivity contribution in [3.8, 4) is 0 Å². The zero-order chi connectivity index (χ0) is 18.1. The van der Waals surface area contributed by atoms with Crippen LogP contribution in [0.2, 0.25) is 0 Å². The van der Waals surface area contributed by atoms with Gasteiger partial charge < -0.3 is 4.42 Å². The van der Waals surface area contributed by atoms with Crippen LogP contribution in [0.4, 0.5) is 13.2 Å². The Bertz CT molecular complexity index is 873. The summed E-state index contributed by atoms with van der Waals surface area (Å²) in [6.07, 6.45) is -1.44. The lowest BCUT2D eigenvalue weighted by Crippen LogP contribution is -2.34. The number of para-hydroxylation sites is 2. The van der Waals surface area contributed by atoms with E-state index in [1.54, 1.807) is 6.07 Å². The van der Waals surface area contributed by atoms with Crippen molar-refractivity contribution in [2.24, 2.45) is 0 Å². The molecule has 2 aromatic heterocycles. The van der Waals surface area contributed by atoms with Crippen LogP contribution in [0.25, 0.3) is 11.1 Å². The molecule has 0 bridgehead atoms. The molecule has 26 heavy (non-hydrogen) atoms. The molecule has 1 aromatic carbocycles. The van der Waals surface area contributed by atoms with Crippen LogP contribution in [0.1, 0.15) is 35.9 Å². The van der Waals surface area contributed by atoms with Crippen molar-refractivity contribution in [1.29, 1.82) is 0 Å². The van der Waals surface area contributed by atoms with E-state index in [1.165, 1.54) is 12.3 Å². The van der Waals surface area contributed by atoms with Crippen molar-refractivity contribution in [3.05, 3.63) is 59.7 Å². The number of rotatable bonds is 3. The number of piperidine rings is 1. The average Bonchev–Trinajstić information content (AvgIpc) is 3.06. The Labute approximate surface area is 148 Å². The van der Waals surface area contributed by atoms with Gasteiger partial charge >= 0.3 is 6.18 Å². The molecule has 0 aliphatic carbocycles. The SMILES string of the molecule is FC(F)(F)c1ncccc1CN1CCCC(c2nc3ccccc3o2)C1. The first-order valence-electron chi connectivity index (χ1n) is 8.59. The van der Waals surface area contributed by atoms with Gasteiger partial charge in [0.15, 0.2) is 11.5 Å². The maximum Gasteiger partial charge on any atom is 0.433 e. The van der Waals surface area contributed by atoms with Gasteiger partial charge in [0.05, 0.1) is 0 Å². The summed E-state index contributed by atoms with van der Waals surface area (Å²) < 4.78 is 45.3. The van der Waals surface area contributed by atoms with E-state index in [0.717, 1.165) is 30.5 Å². The first-order chi connectivity index (χ1) is 12.5. The van der Waals surface area contributed by atoms with Crippen LogP contribution in [0, 0.1) is 0 Å². The molecular weight excluding hydrogens is 343 g/mol. The van der Waals surface area contributed by atoms with Gasteiger partial charge in [0.2, 0.25) is 0 Å². The Morgan fingerprint density at radius 2 is 2.00 bits per heavy atom. The van der Waals surface area contributed by atoms with Crippen molar-refractivity contribution < 1.29 is 17.6 Å². The second-order valence-corrected chi connectivity index (χ2v) is 6.60. The molecule has 1 fully saturated rings. The third-order valence-corrected chi connectivity index (χ3v) is 4.72. The summed E-state index contributed by atoms with van der Waals surface area (Å²) in [4.78, 5) is 10.1. The van der Waals surface area contributed by atoms with Crippen molar-refractivity contribution in [2.45, 2.75) is 31.5 Å². The van der Waals surface area contributed by atoms with E-state index in [9.17, 15) is 13.2 Å². The minimum absolute atomic E-state index is 0.0853. The third kappa shape index (κ3) is 3.44. The smallest absolute Gasteiger partial charge is 0.433 e. The molecule has 4 rings (SSSR count). The number of benzene rings is 1. The summed E-state index contributed by atoms with van der Waals surface area (Å²) in [6.45, 7) is 1.60. The molecule has 1 aliphatic heterocycles. The number of aromatic nitrogens is 2. The largest absolute Gasteiger partial charge is 0.440 e. The second kappa shape index (κ2) is 6.72. The monoisotopic (exact) mass is 361 g/mol. The van der Waals surface area contributed by atoms with Gasteiger partial charge in [-0.15, -0.1) is 0 Å². The molecule has 0 saturated carbocycles. The maximum absolute atomic E-state index is 13.2. The highest BCUT2D eigenvalue weighted by Crippen LogP contribution is 2.33. The molecule has 4 nitrogen and oxygen atoms in total. The summed E-state index contributed by atoms with van der Waals surface area (Å²) in [7, 11) is 0.